The lowest BCUT2D eigenvalue weighted by atomic mass is 9.94. The molecule has 0 unspecified atom stereocenters. The summed E-state index contributed by atoms with van der Waals surface area (Å²) < 4.78 is 41.2. The van der Waals surface area contributed by atoms with E-state index < -0.39 is 0 Å². The van der Waals surface area contributed by atoms with Crippen molar-refractivity contribution in [3.8, 4) is 41.8 Å². The molecule has 0 atom stereocenters. The number of rotatable bonds is 16. The number of hydrogen-bond acceptors (Lipinski definition) is 7. The Morgan fingerprint density at radius 2 is 0.909 bits per heavy atom. The third kappa shape index (κ3) is 8.03. The van der Waals surface area contributed by atoms with Crippen LogP contribution in [0.5, 0.6) is 0 Å². The molecule has 4 aromatic heterocycles. The summed E-state index contributed by atoms with van der Waals surface area (Å²) in [7, 11) is 0. The van der Waals surface area contributed by atoms with Gasteiger partial charge in [-0.2, -0.15) is 8.75 Å². The van der Waals surface area contributed by atoms with Crippen LogP contribution in [0, 0.1) is 23.5 Å². The second kappa shape index (κ2) is 17.5. The van der Waals surface area contributed by atoms with Gasteiger partial charge in [-0.3, -0.25) is 0 Å². The summed E-state index contributed by atoms with van der Waals surface area (Å²) in [4.78, 5) is 14.2. The molecular formula is C46H50F2N4S3. The normalized spacial score (nSPS) is 12.0. The van der Waals surface area contributed by atoms with Gasteiger partial charge in [-0.25, -0.2) is 18.7 Å². The van der Waals surface area contributed by atoms with Gasteiger partial charge in [-0.05, 0) is 97.9 Å². The van der Waals surface area contributed by atoms with Crippen LogP contribution in [0.3, 0.4) is 0 Å². The molecule has 9 heteroatoms. The van der Waals surface area contributed by atoms with E-state index in [1.165, 1.54) is 11.7 Å². The molecule has 0 saturated carbocycles. The summed E-state index contributed by atoms with van der Waals surface area (Å²) in [5, 5.41) is 0. The molecule has 0 radical (unpaired) electrons. The average molecular weight is 793 g/mol. The van der Waals surface area contributed by atoms with Gasteiger partial charge in [0.05, 0.1) is 23.1 Å². The summed E-state index contributed by atoms with van der Waals surface area (Å²) in [6, 6.07) is 19.5. The van der Waals surface area contributed by atoms with Crippen molar-refractivity contribution in [3.05, 3.63) is 94.8 Å². The molecule has 7 aromatic rings. The lowest BCUT2D eigenvalue weighted by Gasteiger charge is -2.14. The Hall–Kier alpha value is -3.92. The van der Waals surface area contributed by atoms with Crippen molar-refractivity contribution in [2.24, 2.45) is 11.8 Å². The molecule has 0 fully saturated rings. The van der Waals surface area contributed by atoms with Crippen LogP contribution in [0.1, 0.15) is 103 Å². The van der Waals surface area contributed by atoms with Crippen LogP contribution in [0.25, 0.3) is 63.8 Å². The number of nitrogens with zero attached hydrogens (tertiary/aromatic N) is 4. The quantitative estimate of drug-likeness (QED) is 0.0978. The first-order valence-electron chi connectivity index (χ1n) is 20.1. The molecule has 0 N–H and O–H groups in total. The zero-order valence-electron chi connectivity index (χ0n) is 32.8. The molecule has 0 aliphatic heterocycles. The molecule has 3 aromatic carbocycles. The van der Waals surface area contributed by atoms with Crippen LogP contribution >= 0.6 is 34.4 Å². The summed E-state index contributed by atoms with van der Waals surface area (Å²) in [5.41, 5.74) is 9.96. The number of aryl methyl sites for hydroxylation is 4. The van der Waals surface area contributed by atoms with Gasteiger partial charge in [0.25, 0.3) is 0 Å². The molecule has 7 rings (SSSR count). The molecule has 0 saturated heterocycles. The number of benzene rings is 3. The SMILES string of the molecule is CCc1nc2c(-c3ccc(-c4ccc(CCC(CC)CC)cc4F)s3)c3nsnc3c(-c3ccc(-c4ccc(CCC(CC)CC)cc4F)s3)c2nc1CC. The third-order valence-corrected chi connectivity index (χ3v) is 14.3. The van der Waals surface area contributed by atoms with E-state index in [0.29, 0.717) is 23.0 Å². The largest absolute Gasteiger partial charge is 0.249 e. The van der Waals surface area contributed by atoms with Crippen molar-refractivity contribution in [1.82, 2.24) is 18.7 Å². The minimum absolute atomic E-state index is 0.196. The Morgan fingerprint density at radius 1 is 0.509 bits per heavy atom. The van der Waals surface area contributed by atoms with Gasteiger partial charge in [0.2, 0.25) is 0 Å². The van der Waals surface area contributed by atoms with E-state index in [1.807, 2.05) is 24.3 Å². The van der Waals surface area contributed by atoms with E-state index in [4.69, 9.17) is 18.7 Å². The van der Waals surface area contributed by atoms with Crippen molar-refractivity contribution in [1.29, 1.82) is 0 Å². The van der Waals surface area contributed by atoms with Gasteiger partial charge in [0.1, 0.15) is 33.7 Å². The molecule has 4 heterocycles. The number of fused-ring (bicyclic) bond motifs is 2. The van der Waals surface area contributed by atoms with Crippen molar-refractivity contribution in [2.45, 2.75) is 106 Å². The van der Waals surface area contributed by atoms with Gasteiger partial charge >= 0.3 is 0 Å². The van der Waals surface area contributed by atoms with Gasteiger partial charge in [-0.15, -0.1) is 22.7 Å². The highest BCUT2D eigenvalue weighted by Crippen LogP contribution is 2.47. The van der Waals surface area contributed by atoms with E-state index in [9.17, 15) is 0 Å². The maximum absolute atomic E-state index is 15.7. The summed E-state index contributed by atoms with van der Waals surface area (Å²) in [6.45, 7) is 13.1. The number of halogens is 2. The standard InChI is InChI=1S/C46H50F2N4S3/c1-7-27(8-2)13-15-29-17-19-31(33(47)25-29)37-21-23-39(53-37)41-43-44(50-36(12-6)35(11-5)49-43)42(46-45(41)51-55-52-46)40-24-22-38(54-40)32-20-18-30(26-34(32)48)16-14-28(9-3)10-4/h17-28H,7-16H2,1-6H3. The van der Waals surface area contributed by atoms with Crippen LogP contribution in [0.15, 0.2) is 60.7 Å². The van der Waals surface area contributed by atoms with E-state index in [0.717, 1.165) is 139 Å². The van der Waals surface area contributed by atoms with Gasteiger partial charge in [0, 0.05) is 41.8 Å². The first-order valence-corrected chi connectivity index (χ1v) is 22.4. The maximum Gasteiger partial charge on any atom is 0.132 e. The first-order chi connectivity index (χ1) is 26.8. The van der Waals surface area contributed by atoms with Crippen molar-refractivity contribution in [3.63, 3.8) is 0 Å². The van der Waals surface area contributed by atoms with Crippen molar-refractivity contribution in [2.75, 3.05) is 0 Å². The van der Waals surface area contributed by atoms with E-state index in [-0.39, 0.29) is 11.6 Å². The number of thiophene rings is 2. The van der Waals surface area contributed by atoms with Crippen LogP contribution < -0.4 is 0 Å². The summed E-state index contributed by atoms with van der Waals surface area (Å²) in [5.74, 6) is 0.944. The Balaban J connectivity index is 1.29. The first kappa shape index (κ1) is 39.3. The second-order valence-electron chi connectivity index (χ2n) is 14.6. The zero-order chi connectivity index (χ0) is 38.6. The molecule has 0 spiro atoms. The Morgan fingerprint density at radius 3 is 1.27 bits per heavy atom. The Kier molecular flexibility index (Phi) is 12.5. The van der Waals surface area contributed by atoms with Crippen LogP contribution in [0.4, 0.5) is 8.78 Å². The van der Waals surface area contributed by atoms with E-state index in [2.05, 4.69) is 65.8 Å². The fraction of sp³-hybridized carbons (Fsp3) is 0.391. The van der Waals surface area contributed by atoms with Gasteiger partial charge in [-0.1, -0.05) is 91.5 Å². The van der Waals surface area contributed by atoms with Crippen LogP contribution in [0.2, 0.25) is 0 Å². The highest BCUT2D eigenvalue weighted by atomic mass is 32.1. The lowest BCUT2D eigenvalue weighted by molar-refractivity contribution is 0.456. The molecule has 286 valence electrons. The van der Waals surface area contributed by atoms with Gasteiger partial charge in [0.15, 0.2) is 0 Å². The maximum atomic E-state index is 15.7. The number of hydrogen-bond donors (Lipinski definition) is 0. The highest BCUT2D eigenvalue weighted by molar-refractivity contribution is 7.19. The Bertz CT molecular complexity index is 2250. The second-order valence-corrected chi connectivity index (χ2v) is 17.3. The smallest absolute Gasteiger partial charge is 0.132 e. The average Bonchev–Trinajstić information content (AvgIpc) is 4.00. The zero-order valence-corrected chi connectivity index (χ0v) is 35.2. The van der Waals surface area contributed by atoms with Crippen molar-refractivity contribution < 1.29 is 8.78 Å². The highest BCUT2D eigenvalue weighted by Gasteiger charge is 2.26. The summed E-state index contributed by atoms with van der Waals surface area (Å²) >= 11 is 4.26. The van der Waals surface area contributed by atoms with Crippen LogP contribution in [-0.4, -0.2) is 18.7 Å². The Labute approximate surface area is 336 Å². The lowest BCUT2D eigenvalue weighted by Crippen LogP contribution is -2.03. The third-order valence-electron chi connectivity index (χ3n) is 11.5. The predicted octanol–water partition coefficient (Wildman–Crippen LogP) is 14.6. The minimum atomic E-state index is -0.196. The minimum Gasteiger partial charge on any atom is -0.249 e. The summed E-state index contributed by atoms with van der Waals surface area (Å²) in [6.07, 6.45) is 10.0. The van der Waals surface area contributed by atoms with Crippen molar-refractivity contribution >= 4 is 56.5 Å². The molecule has 0 bridgehead atoms. The monoisotopic (exact) mass is 792 g/mol. The molecule has 0 aliphatic rings. The predicted molar refractivity (Wildman–Crippen MR) is 231 cm³/mol. The molecule has 0 amide bonds. The topological polar surface area (TPSA) is 51.6 Å². The molecule has 4 nitrogen and oxygen atoms in total. The molecule has 0 aliphatic carbocycles. The fourth-order valence-corrected chi connectivity index (χ4v) is 10.5. The molecule has 55 heavy (non-hydrogen) atoms. The van der Waals surface area contributed by atoms with E-state index in [1.54, 1.807) is 34.8 Å². The molecular weight excluding hydrogens is 743 g/mol. The van der Waals surface area contributed by atoms with Crippen LogP contribution in [-0.2, 0) is 25.7 Å². The van der Waals surface area contributed by atoms with Gasteiger partial charge < -0.3 is 0 Å². The fourth-order valence-electron chi connectivity index (χ4n) is 7.82. The van der Waals surface area contributed by atoms with E-state index >= 15 is 8.78 Å². The number of aromatic nitrogens is 4.